The summed E-state index contributed by atoms with van der Waals surface area (Å²) >= 11 is 10.2. The first kappa shape index (κ1) is 10.1. The molecular weight excluding hydrogens is 280 g/mol. The molecule has 74 valence electrons. The first-order valence-electron chi connectivity index (χ1n) is 4.17. The Morgan fingerprint density at radius 3 is 3.21 bits per heavy atom. The van der Waals surface area contributed by atoms with E-state index in [2.05, 4.69) is 43.7 Å². The predicted molar refractivity (Wildman–Crippen MR) is 67.5 cm³/mol. The Kier molecular flexibility index (Phi) is 3.20. The maximum Gasteiger partial charge on any atom is 0.129 e. The van der Waals surface area contributed by atoms with Gasteiger partial charge in [0.2, 0.25) is 0 Å². The number of hydrogen-bond acceptors (Lipinski definition) is 4. The molecule has 0 spiro atoms. The van der Waals surface area contributed by atoms with Crippen LogP contribution in [-0.2, 0) is 6.54 Å². The highest BCUT2D eigenvalue weighted by Gasteiger charge is 2.22. The summed E-state index contributed by atoms with van der Waals surface area (Å²) < 4.78 is 1.05. The normalized spacial score (nSPS) is 20.5. The fourth-order valence-electron chi connectivity index (χ4n) is 1.32. The zero-order valence-corrected chi connectivity index (χ0v) is 10.5. The number of thiocarbonyl (C=S) groups is 1. The number of nitrogens with zero attached hydrogens (tertiary/aromatic N) is 1. The molecule has 2 rings (SSSR count). The van der Waals surface area contributed by atoms with Crippen molar-refractivity contribution in [3.63, 3.8) is 0 Å². The van der Waals surface area contributed by atoms with Crippen LogP contribution in [0, 0.1) is 0 Å². The third kappa shape index (κ3) is 1.99. The van der Waals surface area contributed by atoms with E-state index in [1.807, 2.05) is 6.20 Å². The second-order valence-corrected chi connectivity index (χ2v) is 5.04. The van der Waals surface area contributed by atoms with Gasteiger partial charge in [-0.05, 0) is 27.4 Å². The van der Waals surface area contributed by atoms with Gasteiger partial charge in [0, 0.05) is 16.4 Å². The van der Waals surface area contributed by atoms with Gasteiger partial charge in [0.1, 0.15) is 6.17 Å². The van der Waals surface area contributed by atoms with E-state index in [0.29, 0.717) is 0 Å². The highest BCUT2D eigenvalue weighted by Crippen LogP contribution is 2.23. The summed E-state index contributed by atoms with van der Waals surface area (Å²) in [6, 6.07) is 4.19. The topological polar surface area (TPSA) is 15.3 Å². The molecule has 1 N–H and O–H groups in total. The smallest absolute Gasteiger partial charge is 0.129 e. The largest absolute Gasteiger partial charge is 0.365 e. The third-order valence-electron chi connectivity index (χ3n) is 2.02. The minimum Gasteiger partial charge on any atom is -0.365 e. The van der Waals surface area contributed by atoms with Crippen molar-refractivity contribution < 1.29 is 0 Å². The van der Waals surface area contributed by atoms with E-state index >= 15 is 0 Å². The summed E-state index contributed by atoms with van der Waals surface area (Å²) in [5.74, 6) is 0. The molecule has 1 atom stereocenters. The minimum absolute atomic E-state index is 0.126. The van der Waals surface area contributed by atoms with Crippen LogP contribution in [0.1, 0.15) is 4.88 Å². The Hall–Kier alpha value is -0.390. The van der Waals surface area contributed by atoms with Crippen LogP contribution in [0.3, 0.4) is 0 Å². The quantitative estimate of drug-likeness (QED) is 0.680. The Morgan fingerprint density at radius 1 is 1.71 bits per heavy atom. The molecular formula is C9H9BrN2S2. The molecule has 0 amide bonds. The van der Waals surface area contributed by atoms with Crippen molar-refractivity contribution in [3.8, 4) is 0 Å². The maximum atomic E-state index is 4.96. The minimum atomic E-state index is 0.126. The van der Waals surface area contributed by atoms with Gasteiger partial charge in [0.15, 0.2) is 0 Å². The molecule has 0 saturated heterocycles. The number of halogens is 1. The van der Waals surface area contributed by atoms with Crippen LogP contribution in [0.4, 0.5) is 0 Å². The molecule has 1 aromatic heterocycles. The average molecular weight is 289 g/mol. The van der Waals surface area contributed by atoms with Gasteiger partial charge < -0.3 is 10.2 Å². The first-order valence-corrected chi connectivity index (χ1v) is 6.31. The molecule has 1 aliphatic heterocycles. The van der Waals surface area contributed by atoms with Gasteiger partial charge in [0.25, 0.3) is 0 Å². The van der Waals surface area contributed by atoms with Gasteiger partial charge in [-0.1, -0.05) is 18.3 Å². The van der Waals surface area contributed by atoms with Crippen molar-refractivity contribution in [2.24, 2.45) is 0 Å². The summed E-state index contributed by atoms with van der Waals surface area (Å²) in [6.07, 6.45) is 2.06. The third-order valence-corrected chi connectivity index (χ3v) is 3.82. The molecule has 0 saturated carbocycles. The summed E-state index contributed by atoms with van der Waals surface area (Å²) in [5.41, 5.74) is 0. The zero-order valence-electron chi connectivity index (χ0n) is 7.31. The lowest BCUT2D eigenvalue weighted by atomic mass is 10.4. The van der Waals surface area contributed by atoms with Gasteiger partial charge in [-0.15, -0.1) is 11.3 Å². The van der Waals surface area contributed by atoms with Crippen molar-refractivity contribution in [3.05, 3.63) is 33.2 Å². The van der Waals surface area contributed by atoms with Crippen molar-refractivity contribution in [2.75, 3.05) is 0 Å². The Labute approximate surface area is 101 Å². The van der Waals surface area contributed by atoms with Crippen molar-refractivity contribution >= 4 is 44.9 Å². The number of hydrogen-bond donors (Lipinski definition) is 1. The standard InChI is InChI=1S/C9H9BrN2S2/c10-8-4-11-9(6-13)12(8)5-7-2-1-3-14-7/h1-4,6,9,11H,5H2. The molecule has 0 aliphatic carbocycles. The van der Waals surface area contributed by atoms with Crippen LogP contribution in [0.15, 0.2) is 28.3 Å². The fourth-order valence-corrected chi connectivity index (χ4v) is 2.72. The summed E-state index contributed by atoms with van der Waals surface area (Å²) in [5, 5.41) is 7.00. The van der Waals surface area contributed by atoms with Crippen LogP contribution in [-0.4, -0.2) is 16.4 Å². The van der Waals surface area contributed by atoms with E-state index in [4.69, 9.17) is 12.2 Å². The van der Waals surface area contributed by atoms with Crippen molar-refractivity contribution in [1.82, 2.24) is 10.2 Å². The molecule has 2 nitrogen and oxygen atoms in total. The summed E-state index contributed by atoms with van der Waals surface area (Å²) in [7, 11) is 0. The van der Waals surface area contributed by atoms with Gasteiger partial charge in [-0.2, -0.15) is 0 Å². The monoisotopic (exact) mass is 288 g/mol. The molecule has 1 unspecified atom stereocenters. The highest BCUT2D eigenvalue weighted by molar-refractivity contribution is 9.11. The molecule has 2 heterocycles. The molecule has 0 fully saturated rings. The van der Waals surface area contributed by atoms with E-state index < -0.39 is 0 Å². The van der Waals surface area contributed by atoms with Crippen LogP contribution < -0.4 is 5.32 Å². The second-order valence-electron chi connectivity index (χ2n) is 2.92. The first-order chi connectivity index (χ1) is 6.81. The Bertz CT molecular complexity index is 348. The van der Waals surface area contributed by atoms with Gasteiger partial charge in [-0.3, -0.25) is 0 Å². The van der Waals surface area contributed by atoms with Gasteiger partial charge in [0.05, 0.1) is 11.2 Å². The van der Waals surface area contributed by atoms with Crippen molar-refractivity contribution in [1.29, 1.82) is 0 Å². The predicted octanol–water partition coefficient (Wildman–Crippen LogP) is 2.67. The summed E-state index contributed by atoms with van der Waals surface area (Å²) in [4.78, 5) is 3.51. The van der Waals surface area contributed by atoms with Gasteiger partial charge in [-0.25, -0.2) is 0 Å². The average Bonchev–Trinajstić information content (AvgIpc) is 2.79. The Balaban J connectivity index is 2.09. The highest BCUT2D eigenvalue weighted by atomic mass is 79.9. The fraction of sp³-hybridized carbons (Fsp3) is 0.222. The molecule has 1 aromatic rings. The number of nitrogens with one attached hydrogen (secondary N) is 1. The van der Waals surface area contributed by atoms with E-state index in [1.54, 1.807) is 16.7 Å². The van der Waals surface area contributed by atoms with E-state index in [1.165, 1.54) is 4.88 Å². The van der Waals surface area contributed by atoms with E-state index in [0.717, 1.165) is 11.2 Å². The molecule has 0 aromatic carbocycles. The van der Waals surface area contributed by atoms with Crippen LogP contribution in [0.5, 0.6) is 0 Å². The maximum absolute atomic E-state index is 4.96. The van der Waals surface area contributed by atoms with Crippen molar-refractivity contribution in [2.45, 2.75) is 12.7 Å². The molecule has 1 aliphatic rings. The SMILES string of the molecule is S=CC1NC=C(Br)N1Cc1cccs1. The van der Waals surface area contributed by atoms with Crippen LogP contribution in [0.2, 0.25) is 0 Å². The zero-order chi connectivity index (χ0) is 9.97. The molecule has 0 bridgehead atoms. The lowest BCUT2D eigenvalue weighted by molar-refractivity contribution is 0.339. The lowest BCUT2D eigenvalue weighted by Gasteiger charge is -2.23. The Morgan fingerprint density at radius 2 is 2.57 bits per heavy atom. The van der Waals surface area contributed by atoms with Crippen LogP contribution >= 0.6 is 39.5 Å². The summed E-state index contributed by atoms with van der Waals surface area (Å²) in [6.45, 7) is 0.888. The van der Waals surface area contributed by atoms with Gasteiger partial charge >= 0.3 is 0 Å². The van der Waals surface area contributed by atoms with E-state index in [9.17, 15) is 0 Å². The number of rotatable bonds is 3. The van der Waals surface area contributed by atoms with E-state index in [-0.39, 0.29) is 6.17 Å². The molecule has 14 heavy (non-hydrogen) atoms. The second kappa shape index (κ2) is 4.42. The lowest BCUT2D eigenvalue weighted by Crippen LogP contribution is -2.36. The molecule has 0 radical (unpaired) electrons. The van der Waals surface area contributed by atoms with Crippen LogP contribution in [0.25, 0.3) is 0 Å². The molecule has 5 heteroatoms. The number of thiophene rings is 1.